The molecule has 1 heterocycles. The lowest BCUT2D eigenvalue weighted by Crippen LogP contribution is -2.06. The van der Waals surface area contributed by atoms with Gasteiger partial charge in [0.1, 0.15) is 5.58 Å². The summed E-state index contributed by atoms with van der Waals surface area (Å²) in [5.74, 6) is 0.342. The standard InChI is InChI=1S/C15H12N2O2S/c1-16-20-11-8-6-10(7-9-11)15-17-14(18)12-4-2-3-5-13(12)19-15/h2-9,16H,1H3. The van der Waals surface area contributed by atoms with E-state index in [0.29, 0.717) is 16.9 Å². The average molecular weight is 284 g/mol. The minimum Gasteiger partial charge on any atom is -0.437 e. The molecule has 0 spiro atoms. The molecule has 3 rings (SSSR count). The zero-order valence-corrected chi connectivity index (χ0v) is 11.6. The normalized spacial score (nSPS) is 10.8. The number of benzene rings is 2. The summed E-state index contributed by atoms with van der Waals surface area (Å²) in [5.41, 5.74) is 1.07. The maximum atomic E-state index is 12.0. The van der Waals surface area contributed by atoms with Crippen LogP contribution in [0.4, 0.5) is 0 Å². The van der Waals surface area contributed by atoms with Crippen molar-refractivity contribution in [3.8, 4) is 11.5 Å². The van der Waals surface area contributed by atoms with E-state index in [4.69, 9.17) is 4.42 Å². The van der Waals surface area contributed by atoms with Crippen LogP contribution in [-0.4, -0.2) is 12.0 Å². The van der Waals surface area contributed by atoms with Gasteiger partial charge in [-0.3, -0.25) is 9.52 Å². The van der Waals surface area contributed by atoms with E-state index in [1.807, 2.05) is 37.4 Å². The Labute approximate surface area is 120 Å². The van der Waals surface area contributed by atoms with Crippen LogP contribution in [0.15, 0.2) is 62.6 Å². The maximum absolute atomic E-state index is 12.0. The first-order chi connectivity index (χ1) is 9.78. The smallest absolute Gasteiger partial charge is 0.284 e. The number of hydrogen-bond donors (Lipinski definition) is 1. The first kappa shape index (κ1) is 12.9. The highest BCUT2D eigenvalue weighted by Gasteiger charge is 2.08. The molecule has 0 saturated carbocycles. The molecule has 0 fully saturated rings. The molecular weight excluding hydrogens is 272 g/mol. The van der Waals surface area contributed by atoms with Crippen molar-refractivity contribution in [2.24, 2.45) is 0 Å². The quantitative estimate of drug-likeness (QED) is 0.749. The Morgan fingerprint density at radius 1 is 1.10 bits per heavy atom. The third-order valence-electron chi connectivity index (χ3n) is 2.85. The zero-order valence-electron chi connectivity index (χ0n) is 10.8. The van der Waals surface area contributed by atoms with Gasteiger partial charge in [0.2, 0.25) is 5.89 Å². The topological polar surface area (TPSA) is 55.1 Å². The lowest BCUT2D eigenvalue weighted by molar-refractivity contribution is 0.595. The fourth-order valence-corrected chi connectivity index (χ4v) is 2.43. The lowest BCUT2D eigenvalue weighted by atomic mass is 10.2. The van der Waals surface area contributed by atoms with Gasteiger partial charge < -0.3 is 4.42 Å². The molecule has 0 unspecified atom stereocenters. The van der Waals surface area contributed by atoms with E-state index in [9.17, 15) is 4.79 Å². The van der Waals surface area contributed by atoms with Gasteiger partial charge in [0, 0.05) is 10.5 Å². The van der Waals surface area contributed by atoms with Crippen molar-refractivity contribution in [1.82, 2.24) is 9.71 Å². The summed E-state index contributed by atoms with van der Waals surface area (Å²) in [4.78, 5) is 17.0. The molecule has 0 aliphatic rings. The second-order valence-electron chi connectivity index (χ2n) is 4.15. The molecule has 0 atom stereocenters. The van der Waals surface area contributed by atoms with Crippen LogP contribution in [0.2, 0.25) is 0 Å². The van der Waals surface area contributed by atoms with Gasteiger partial charge in [-0.1, -0.05) is 12.1 Å². The maximum Gasteiger partial charge on any atom is 0.284 e. The summed E-state index contributed by atoms with van der Waals surface area (Å²) in [6, 6.07) is 14.8. The molecular formula is C15H12N2O2S. The summed E-state index contributed by atoms with van der Waals surface area (Å²) >= 11 is 1.52. The molecule has 0 aliphatic carbocycles. The van der Waals surface area contributed by atoms with Crippen LogP contribution in [0.25, 0.3) is 22.4 Å². The third kappa shape index (κ3) is 2.45. The second-order valence-corrected chi connectivity index (χ2v) is 5.23. The van der Waals surface area contributed by atoms with E-state index in [1.165, 1.54) is 11.9 Å². The minimum atomic E-state index is -0.268. The summed E-state index contributed by atoms with van der Waals surface area (Å²) in [7, 11) is 1.86. The molecule has 0 saturated heterocycles. The molecule has 0 amide bonds. The van der Waals surface area contributed by atoms with Gasteiger partial charge >= 0.3 is 0 Å². The van der Waals surface area contributed by atoms with Crippen LogP contribution in [0, 0.1) is 0 Å². The fourth-order valence-electron chi connectivity index (χ4n) is 1.92. The molecule has 0 bridgehead atoms. The Morgan fingerprint density at radius 2 is 1.85 bits per heavy atom. The summed E-state index contributed by atoms with van der Waals surface area (Å²) in [6.07, 6.45) is 0. The van der Waals surface area contributed by atoms with Gasteiger partial charge in [0.25, 0.3) is 5.56 Å². The molecule has 0 aliphatic heterocycles. The first-order valence-electron chi connectivity index (χ1n) is 6.12. The number of nitrogens with one attached hydrogen (secondary N) is 1. The van der Waals surface area contributed by atoms with Gasteiger partial charge in [0.15, 0.2) is 0 Å². The van der Waals surface area contributed by atoms with Gasteiger partial charge in [-0.05, 0) is 55.4 Å². The van der Waals surface area contributed by atoms with Crippen LogP contribution in [0.1, 0.15) is 0 Å². The number of hydrogen-bond acceptors (Lipinski definition) is 5. The summed E-state index contributed by atoms with van der Waals surface area (Å²) in [5, 5.41) is 0.499. The van der Waals surface area contributed by atoms with Crippen molar-refractivity contribution in [2.75, 3.05) is 7.05 Å². The molecule has 100 valence electrons. The predicted octanol–water partition coefficient (Wildman–Crippen LogP) is 3.08. The van der Waals surface area contributed by atoms with Crippen molar-refractivity contribution in [3.63, 3.8) is 0 Å². The SMILES string of the molecule is CNSc1ccc(-c2nc(=O)c3ccccc3o2)cc1. The summed E-state index contributed by atoms with van der Waals surface area (Å²) in [6.45, 7) is 0. The lowest BCUT2D eigenvalue weighted by Gasteiger charge is -2.03. The molecule has 4 nitrogen and oxygen atoms in total. The minimum absolute atomic E-state index is 0.268. The monoisotopic (exact) mass is 284 g/mol. The van der Waals surface area contributed by atoms with Gasteiger partial charge in [-0.2, -0.15) is 4.98 Å². The van der Waals surface area contributed by atoms with Gasteiger partial charge in [-0.25, -0.2) is 0 Å². The van der Waals surface area contributed by atoms with E-state index < -0.39 is 0 Å². The fraction of sp³-hybridized carbons (Fsp3) is 0.0667. The Hall–Kier alpha value is -2.11. The Kier molecular flexibility index (Phi) is 3.54. The molecule has 1 N–H and O–H groups in total. The molecule has 1 aromatic heterocycles. The molecule has 0 radical (unpaired) electrons. The van der Waals surface area contributed by atoms with Crippen LogP contribution < -0.4 is 10.3 Å². The van der Waals surface area contributed by atoms with E-state index in [0.717, 1.165) is 10.5 Å². The molecule has 20 heavy (non-hydrogen) atoms. The number of fused-ring (bicyclic) bond motifs is 1. The zero-order chi connectivity index (χ0) is 13.9. The van der Waals surface area contributed by atoms with Crippen molar-refractivity contribution < 1.29 is 4.42 Å². The Balaban J connectivity index is 2.07. The summed E-state index contributed by atoms with van der Waals surface area (Å²) < 4.78 is 8.70. The molecule has 3 aromatic rings. The highest BCUT2D eigenvalue weighted by molar-refractivity contribution is 7.97. The van der Waals surface area contributed by atoms with E-state index >= 15 is 0 Å². The van der Waals surface area contributed by atoms with Crippen LogP contribution >= 0.6 is 11.9 Å². The first-order valence-corrected chi connectivity index (χ1v) is 6.93. The van der Waals surface area contributed by atoms with E-state index in [2.05, 4.69) is 9.71 Å². The van der Waals surface area contributed by atoms with Crippen LogP contribution in [0.5, 0.6) is 0 Å². The number of para-hydroxylation sites is 1. The third-order valence-corrected chi connectivity index (χ3v) is 3.56. The highest BCUT2D eigenvalue weighted by Crippen LogP contribution is 2.22. The molecule has 2 aromatic carbocycles. The van der Waals surface area contributed by atoms with Gasteiger partial charge in [-0.15, -0.1) is 0 Å². The number of aromatic nitrogens is 1. The number of nitrogens with zero attached hydrogens (tertiary/aromatic N) is 1. The van der Waals surface area contributed by atoms with E-state index in [1.54, 1.807) is 18.2 Å². The van der Waals surface area contributed by atoms with Crippen molar-refractivity contribution >= 4 is 22.9 Å². The van der Waals surface area contributed by atoms with Gasteiger partial charge in [0.05, 0.1) is 5.39 Å². The predicted molar refractivity (Wildman–Crippen MR) is 80.6 cm³/mol. The van der Waals surface area contributed by atoms with Crippen molar-refractivity contribution in [2.45, 2.75) is 4.90 Å². The highest BCUT2D eigenvalue weighted by atomic mass is 32.2. The second kappa shape index (κ2) is 5.48. The molecule has 5 heteroatoms. The average Bonchev–Trinajstić information content (AvgIpc) is 2.48. The number of rotatable bonds is 3. The van der Waals surface area contributed by atoms with Crippen molar-refractivity contribution in [1.29, 1.82) is 0 Å². The van der Waals surface area contributed by atoms with E-state index in [-0.39, 0.29) is 5.56 Å². The van der Waals surface area contributed by atoms with Crippen LogP contribution in [-0.2, 0) is 0 Å². The Bertz CT molecular complexity index is 797. The van der Waals surface area contributed by atoms with Crippen molar-refractivity contribution in [3.05, 3.63) is 58.9 Å². The largest absolute Gasteiger partial charge is 0.437 e. The van der Waals surface area contributed by atoms with Crippen LogP contribution in [0.3, 0.4) is 0 Å². The Morgan fingerprint density at radius 3 is 2.60 bits per heavy atom.